The van der Waals surface area contributed by atoms with Gasteiger partial charge >= 0.3 is 5.97 Å². The highest BCUT2D eigenvalue weighted by Gasteiger charge is 2.19. The van der Waals surface area contributed by atoms with Crippen LogP contribution in [0.1, 0.15) is 15.2 Å². The largest absolute Gasteiger partial charge is 0.465 e. The average Bonchev–Trinajstić information content (AvgIpc) is 2.80. The Labute approximate surface area is 134 Å². The summed E-state index contributed by atoms with van der Waals surface area (Å²) in [4.78, 5) is 18.0. The summed E-state index contributed by atoms with van der Waals surface area (Å²) >= 11 is 10.6. The van der Waals surface area contributed by atoms with Crippen LogP contribution in [0.4, 0.5) is 5.13 Å². The summed E-state index contributed by atoms with van der Waals surface area (Å²) in [5.41, 5.74) is 1.13. The summed E-state index contributed by atoms with van der Waals surface area (Å²) in [5, 5.41) is 0.855. The molecule has 0 radical (unpaired) electrons. The van der Waals surface area contributed by atoms with E-state index in [1.807, 2.05) is 36.2 Å². The predicted octanol–water partition coefficient (Wildman–Crippen LogP) is 3.98. The fourth-order valence-corrected chi connectivity index (χ4v) is 3.26. The quantitative estimate of drug-likeness (QED) is 0.758. The Kier molecular flexibility index (Phi) is 5.01. The zero-order chi connectivity index (χ0) is 14.7. The van der Waals surface area contributed by atoms with Crippen molar-refractivity contribution in [3.63, 3.8) is 0 Å². The number of nitrogens with zero attached hydrogens (tertiary/aromatic N) is 2. The molecule has 2 aromatic rings. The summed E-state index contributed by atoms with van der Waals surface area (Å²) in [6, 6.07) is 8.01. The lowest BCUT2D eigenvalue weighted by molar-refractivity contribution is 0.0606. The van der Waals surface area contributed by atoms with Crippen molar-refractivity contribution in [3.8, 4) is 0 Å². The Morgan fingerprint density at radius 3 is 2.95 bits per heavy atom. The first kappa shape index (κ1) is 15.3. The first-order valence-corrected chi connectivity index (χ1v) is 7.70. The number of carbonyl (C=O) groups excluding carboxylic acids is 1. The number of anilines is 1. The third-order valence-corrected chi connectivity index (χ3v) is 4.61. The van der Waals surface area contributed by atoms with Crippen molar-refractivity contribution in [1.82, 2.24) is 4.98 Å². The van der Waals surface area contributed by atoms with Crippen molar-refractivity contribution >= 4 is 50.0 Å². The molecular weight excluding hydrogens is 364 g/mol. The van der Waals surface area contributed by atoms with E-state index in [-0.39, 0.29) is 5.15 Å². The second-order valence-corrected chi connectivity index (χ2v) is 6.35. The normalized spacial score (nSPS) is 10.4. The molecule has 4 nitrogen and oxygen atoms in total. The molecule has 0 saturated carbocycles. The van der Waals surface area contributed by atoms with Gasteiger partial charge in [-0.1, -0.05) is 51.0 Å². The number of thiazole rings is 1. The van der Waals surface area contributed by atoms with E-state index < -0.39 is 5.97 Å². The smallest absolute Gasteiger partial charge is 0.351 e. The second kappa shape index (κ2) is 6.56. The third kappa shape index (κ3) is 3.50. The van der Waals surface area contributed by atoms with Gasteiger partial charge in [0.25, 0.3) is 0 Å². The van der Waals surface area contributed by atoms with Crippen LogP contribution in [0, 0.1) is 0 Å². The second-order valence-electron chi connectivity index (χ2n) is 4.09. The number of benzene rings is 1. The van der Waals surface area contributed by atoms with E-state index in [9.17, 15) is 4.79 Å². The molecule has 106 valence electrons. The molecule has 1 aromatic carbocycles. The van der Waals surface area contributed by atoms with Crippen LogP contribution < -0.4 is 4.90 Å². The molecule has 0 aliphatic carbocycles. The van der Waals surface area contributed by atoms with Crippen molar-refractivity contribution in [1.29, 1.82) is 0 Å². The average molecular weight is 376 g/mol. The number of hydrogen-bond acceptors (Lipinski definition) is 5. The summed E-state index contributed by atoms with van der Waals surface area (Å²) < 4.78 is 5.69. The number of hydrogen-bond donors (Lipinski definition) is 0. The standard InChI is InChI=1S/C13H12BrClN2O2S/c1-17(7-8-4-3-5-9(14)6-8)13-16-11(15)10(20-13)12(18)19-2/h3-6H,7H2,1-2H3. The van der Waals surface area contributed by atoms with Crippen LogP contribution in [0.15, 0.2) is 28.7 Å². The van der Waals surface area contributed by atoms with E-state index in [2.05, 4.69) is 25.7 Å². The molecule has 1 heterocycles. The summed E-state index contributed by atoms with van der Waals surface area (Å²) in [5.74, 6) is -0.463. The van der Waals surface area contributed by atoms with Gasteiger partial charge in [-0.3, -0.25) is 0 Å². The summed E-state index contributed by atoms with van der Waals surface area (Å²) in [6.45, 7) is 0.671. The molecule has 0 fully saturated rings. The van der Waals surface area contributed by atoms with Crippen LogP contribution in [0.3, 0.4) is 0 Å². The van der Waals surface area contributed by atoms with E-state index in [0.717, 1.165) is 10.0 Å². The van der Waals surface area contributed by atoms with Crippen LogP contribution in [0.2, 0.25) is 5.15 Å². The Bertz CT molecular complexity index is 633. The topological polar surface area (TPSA) is 42.4 Å². The van der Waals surface area contributed by atoms with Gasteiger partial charge < -0.3 is 9.64 Å². The number of esters is 1. The fraction of sp³-hybridized carbons (Fsp3) is 0.231. The van der Waals surface area contributed by atoms with Gasteiger partial charge in [0, 0.05) is 18.1 Å². The fourth-order valence-electron chi connectivity index (χ4n) is 1.65. The van der Waals surface area contributed by atoms with Crippen LogP contribution in [-0.2, 0) is 11.3 Å². The molecule has 0 saturated heterocycles. The van der Waals surface area contributed by atoms with Crippen molar-refractivity contribution in [3.05, 3.63) is 44.3 Å². The molecule has 0 aliphatic heterocycles. The van der Waals surface area contributed by atoms with Crippen LogP contribution in [0.25, 0.3) is 0 Å². The monoisotopic (exact) mass is 374 g/mol. The first-order valence-electron chi connectivity index (χ1n) is 5.71. The van der Waals surface area contributed by atoms with Gasteiger partial charge in [-0.15, -0.1) is 0 Å². The molecule has 0 atom stereocenters. The van der Waals surface area contributed by atoms with E-state index >= 15 is 0 Å². The molecule has 0 amide bonds. The van der Waals surface area contributed by atoms with E-state index in [1.54, 1.807) is 0 Å². The van der Waals surface area contributed by atoms with Crippen molar-refractivity contribution in [2.24, 2.45) is 0 Å². The molecule has 1 aromatic heterocycles. The van der Waals surface area contributed by atoms with Gasteiger partial charge in [0.2, 0.25) is 0 Å². The Hall–Kier alpha value is -1.11. The van der Waals surface area contributed by atoms with Gasteiger partial charge in [0.05, 0.1) is 7.11 Å². The molecule has 0 aliphatic rings. The zero-order valence-electron chi connectivity index (χ0n) is 10.9. The Morgan fingerprint density at radius 1 is 1.55 bits per heavy atom. The van der Waals surface area contributed by atoms with E-state index in [0.29, 0.717) is 16.6 Å². The van der Waals surface area contributed by atoms with Crippen molar-refractivity contribution < 1.29 is 9.53 Å². The molecule has 0 spiro atoms. The number of rotatable bonds is 4. The van der Waals surface area contributed by atoms with Gasteiger partial charge in [-0.25, -0.2) is 9.78 Å². The van der Waals surface area contributed by atoms with Crippen LogP contribution >= 0.6 is 38.9 Å². The lowest BCUT2D eigenvalue weighted by Crippen LogP contribution is -2.15. The molecule has 0 bridgehead atoms. The molecule has 0 unspecified atom stereocenters. The Balaban J connectivity index is 2.17. The number of halogens is 2. The van der Waals surface area contributed by atoms with Crippen LogP contribution in [-0.4, -0.2) is 25.1 Å². The van der Waals surface area contributed by atoms with E-state index in [1.165, 1.54) is 18.4 Å². The number of methoxy groups -OCH3 is 1. The minimum absolute atomic E-state index is 0.179. The minimum Gasteiger partial charge on any atom is -0.465 e. The van der Waals surface area contributed by atoms with E-state index in [4.69, 9.17) is 11.6 Å². The predicted molar refractivity (Wildman–Crippen MR) is 84.7 cm³/mol. The van der Waals surface area contributed by atoms with Crippen LogP contribution in [0.5, 0.6) is 0 Å². The number of ether oxygens (including phenoxy) is 1. The highest BCUT2D eigenvalue weighted by atomic mass is 79.9. The highest BCUT2D eigenvalue weighted by molar-refractivity contribution is 9.10. The summed E-state index contributed by atoms with van der Waals surface area (Å²) in [7, 11) is 3.22. The first-order chi connectivity index (χ1) is 9.51. The van der Waals surface area contributed by atoms with Gasteiger partial charge in [-0.2, -0.15) is 0 Å². The Morgan fingerprint density at radius 2 is 2.30 bits per heavy atom. The SMILES string of the molecule is COC(=O)c1sc(N(C)Cc2cccc(Br)c2)nc1Cl. The molecular formula is C13H12BrClN2O2S. The minimum atomic E-state index is -0.463. The molecule has 0 N–H and O–H groups in total. The third-order valence-electron chi connectivity index (χ3n) is 2.58. The summed E-state index contributed by atoms with van der Waals surface area (Å²) in [6.07, 6.45) is 0. The molecule has 20 heavy (non-hydrogen) atoms. The van der Waals surface area contributed by atoms with Crippen molar-refractivity contribution in [2.75, 3.05) is 19.1 Å². The van der Waals surface area contributed by atoms with Gasteiger partial charge in [0.1, 0.15) is 0 Å². The van der Waals surface area contributed by atoms with Crippen molar-refractivity contribution in [2.45, 2.75) is 6.54 Å². The van der Waals surface area contributed by atoms with Gasteiger partial charge in [0.15, 0.2) is 15.2 Å². The molecule has 2 rings (SSSR count). The zero-order valence-corrected chi connectivity index (χ0v) is 14.1. The lowest BCUT2D eigenvalue weighted by Gasteiger charge is -2.15. The molecule has 7 heteroatoms. The number of aromatic nitrogens is 1. The maximum Gasteiger partial charge on any atom is 0.351 e. The number of carbonyl (C=O) groups is 1. The lowest BCUT2D eigenvalue weighted by atomic mass is 10.2. The van der Waals surface area contributed by atoms with Gasteiger partial charge in [-0.05, 0) is 17.7 Å². The maximum absolute atomic E-state index is 11.5. The highest BCUT2D eigenvalue weighted by Crippen LogP contribution is 2.30. The maximum atomic E-state index is 11.5.